The van der Waals surface area contributed by atoms with E-state index in [9.17, 15) is 0 Å². The summed E-state index contributed by atoms with van der Waals surface area (Å²) >= 11 is 0. The topological polar surface area (TPSA) is 68.8 Å². The molecule has 0 spiro atoms. The van der Waals surface area contributed by atoms with Crippen LogP contribution in [0.25, 0.3) is 27.8 Å². The molecule has 0 aliphatic carbocycles. The molecule has 1 N–H and O–H groups in total. The molecule has 0 unspecified atom stereocenters. The van der Waals surface area contributed by atoms with Gasteiger partial charge >= 0.3 is 0 Å². The van der Waals surface area contributed by atoms with Crippen molar-refractivity contribution in [1.29, 1.82) is 0 Å². The van der Waals surface area contributed by atoms with Crippen LogP contribution >= 0.6 is 0 Å². The number of rotatable bonds is 4. The number of aromatic nitrogens is 4. The molecular weight excluding hydrogens is 326 g/mol. The molecule has 5 aromatic rings. The Morgan fingerprint density at radius 1 is 0.962 bits per heavy atom. The van der Waals surface area contributed by atoms with Gasteiger partial charge in [0.25, 0.3) is 0 Å². The van der Waals surface area contributed by atoms with Crippen molar-refractivity contribution in [3.63, 3.8) is 0 Å². The maximum Gasteiger partial charge on any atom is 0.196 e. The molecule has 6 nitrogen and oxygen atoms in total. The van der Waals surface area contributed by atoms with Crippen molar-refractivity contribution in [3.8, 4) is 5.69 Å². The molecule has 26 heavy (non-hydrogen) atoms. The Kier molecular flexibility index (Phi) is 3.38. The van der Waals surface area contributed by atoms with Crippen molar-refractivity contribution in [2.75, 3.05) is 5.32 Å². The summed E-state index contributed by atoms with van der Waals surface area (Å²) in [6, 6.07) is 17.9. The van der Waals surface area contributed by atoms with E-state index in [0.717, 1.165) is 27.7 Å². The monoisotopic (exact) mass is 341 g/mol. The van der Waals surface area contributed by atoms with Gasteiger partial charge < -0.3 is 9.73 Å². The summed E-state index contributed by atoms with van der Waals surface area (Å²) in [7, 11) is 0. The van der Waals surface area contributed by atoms with Crippen molar-refractivity contribution in [2.24, 2.45) is 0 Å². The molecule has 126 valence electrons. The lowest BCUT2D eigenvalue weighted by molar-refractivity contribution is 0.666. The molecule has 3 heterocycles. The molecule has 0 amide bonds. The van der Waals surface area contributed by atoms with Gasteiger partial charge in [-0.3, -0.25) is 0 Å². The number of nitrogens with zero attached hydrogens (tertiary/aromatic N) is 4. The zero-order valence-electron chi connectivity index (χ0n) is 13.8. The summed E-state index contributed by atoms with van der Waals surface area (Å²) in [6.07, 6.45) is 5.40. The number of para-hydroxylation sites is 2. The summed E-state index contributed by atoms with van der Waals surface area (Å²) in [5, 5.41) is 8.74. The lowest BCUT2D eigenvalue weighted by Crippen LogP contribution is -2.01. The van der Waals surface area contributed by atoms with Gasteiger partial charge in [0, 0.05) is 23.7 Å². The van der Waals surface area contributed by atoms with Crippen molar-refractivity contribution in [2.45, 2.75) is 6.54 Å². The van der Waals surface area contributed by atoms with Crippen LogP contribution < -0.4 is 5.32 Å². The molecule has 0 aliphatic rings. The van der Waals surface area contributed by atoms with E-state index in [1.807, 2.05) is 71.7 Å². The first-order valence-electron chi connectivity index (χ1n) is 8.33. The molecule has 0 aliphatic heterocycles. The first-order chi connectivity index (χ1) is 12.9. The first-order valence-corrected chi connectivity index (χ1v) is 8.33. The second-order valence-electron chi connectivity index (χ2n) is 5.98. The number of anilines is 1. The minimum absolute atomic E-state index is 0.593. The summed E-state index contributed by atoms with van der Waals surface area (Å²) in [6.45, 7) is 0.593. The number of benzene rings is 2. The fourth-order valence-electron chi connectivity index (χ4n) is 3.01. The zero-order chi connectivity index (χ0) is 17.3. The highest BCUT2D eigenvalue weighted by Gasteiger charge is 2.12. The highest BCUT2D eigenvalue weighted by molar-refractivity contribution is 6.05. The number of hydrogen-bond donors (Lipinski definition) is 1. The Labute approximate surface area is 149 Å². The van der Waals surface area contributed by atoms with E-state index < -0.39 is 0 Å². The first kappa shape index (κ1) is 14.7. The van der Waals surface area contributed by atoms with Crippen molar-refractivity contribution >= 4 is 27.9 Å². The predicted molar refractivity (Wildman–Crippen MR) is 100 cm³/mol. The molecular formula is C20H15N5O. The van der Waals surface area contributed by atoms with Crippen LogP contribution in [0.4, 0.5) is 5.82 Å². The Morgan fingerprint density at radius 2 is 1.81 bits per heavy atom. The minimum atomic E-state index is 0.593. The number of nitrogens with one attached hydrogen (secondary N) is 1. The molecule has 0 bridgehead atoms. The van der Waals surface area contributed by atoms with Gasteiger partial charge in [-0.1, -0.05) is 30.3 Å². The average Bonchev–Trinajstić information content (AvgIpc) is 3.32. The van der Waals surface area contributed by atoms with Crippen molar-refractivity contribution in [1.82, 2.24) is 19.7 Å². The largest absolute Gasteiger partial charge is 0.450 e. The van der Waals surface area contributed by atoms with Gasteiger partial charge in [-0.05, 0) is 24.3 Å². The normalized spacial score (nSPS) is 11.2. The van der Waals surface area contributed by atoms with Crippen LogP contribution in [0.1, 0.15) is 5.56 Å². The zero-order valence-corrected chi connectivity index (χ0v) is 13.8. The highest BCUT2D eigenvalue weighted by atomic mass is 16.3. The molecule has 0 atom stereocenters. The molecule has 0 fully saturated rings. The summed E-state index contributed by atoms with van der Waals surface area (Å²) in [4.78, 5) is 8.71. The molecule has 5 rings (SSSR count). The summed E-state index contributed by atoms with van der Waals surface area (Å²) < 4.78 is 7.79. The van der Waals surface area contributed by atoms with E-state index in [0.29, 0.717) is 17.9 Å². The van der Waals surface area contributed by atoms with Crippen LogP contribution in [-0.2, 0) is 6.54 Å². The van der Waals surface area contributed by atoms with Crippen LogP contribution in [-0.4, -0.2) is 19.7 Å². The lowest BCUT2D eigenvalue weighted by Gasteiger charge is -2.03. The Balaban J connectivity index is 1.43. The standard InChI is InChI=1S/C20H15N5O/c1-2-6-15(7-3-1)25-12-14(11-24-25)10-21-20-19-18(22-13-23-20)16-8-4-5-9-17(16)26-19/h1-9,11-13H,10H2,(H,21,22,23). The van der Waals surface area contributed by atoms with Crippen LogP contribution in [0.5, 0.6) is 0 Å². The number of hydrogen-bond acceptors (Lipinski definition) is 5. The van der Waals surface area contributed by atoms with Crippen molar-refractivity contribution in [3.05, 3.63) is 78.9 Å². The van der Waals surface area contributed by atoms with Gasteiger partial charge in [-0.15, -0.1) is 0 Å². The smallest absolute Gasteiger partial charge is 0.196 e. The van der Waals surface area contributed by atoms with E-state index in [1.165, 1.54) is 0 Å². The van der Waals surface area contributed by atoms with Crippen LogP contribution in [0.3, 0.4) is 0 Å². The molecule has 0 saturated carbocycles. The van der Waals surface area contributed by atoms with E-state index in [-0.39, 0.29) is 0 Å². The second kappa shape index (κ2) is 6.00. The predicted octanol–water partition coefficient (Wildman–Crippen LogP) is 4.17. The van der Waals surface area contributed by atoms with E-state index in [4.69, 9.17) is 4.42 Å². The quantitative estimate of drug-likeness (QED) is 0.531. The van der Waals surface area contributed by atoms with Gasteiger partial charge in [-0.2, -0.15) is 5.10 Å². The van der Waals surface area contributed by atoms with E-state index in [2.05, 4.69) is 20.4 Å². The Bertz CT molecular complexity index is 1190. The lowest BCUT2D eigenvalue weighted by atomic mass is 10.2. The molecule has 2 aromatic carbocycles. The van der Waals surface area contributed by atoms with Gasteiger partial charge in [0.2, 0.25) is 0 Å². The summed E-state index contributed by atoms with van der Waals surface area (Å²) in [5.41, 5.74) is 4.38. The maximum absolute atomic E-state index is 5.94. The van der Waals surface area contributed by atoms with Gasteiger partial charge in [0.1, 0.15) is 17.4 Å². The minimum Gasteiger partial charge on any atom is -0.450 e. The number of furan rings is 1. The fraction of sp³-hybridized carbons (Fsp3) is 0.0500. The average molecular weight is 341 g/mol. The van der Waals surface area contributed by atoms with E-state index >= 15 is 0 Å². The third-order valence-corrected chi connectivity index (χ3v) is 4.27. The van der Waals surface area contributed by atoms with Gasteiger partial charge in [0.15, 0.2) is 11.4 Å². The Hall–Kier alpha value is -3.67. The second-order valence-corrected chi connectivity index (χ2v) is 5.98. The van der Waals surface area contributed by atoms with Gasteiger partial charge in [0.05, 0.1) is 11.9 Å². The maximum atomic E-state index is 5.94. The third-order valence-electron chi connectivity index (χ3n) is 4.27. The van der Waals surface area contributed by atoms with Gasteiger partial charge in [-0.25, -0.2) is 14.6 Å². The van der Waals surface area contributed by atoms with Crippen LogP contribution in [0, 0.1) is 0 Å². The van der Waals surface area contributed by atoms with Crippen LogP contribution in [0.15, 0.2) is 77.7 Å². The fourth-order valence-corrected chi connectivity index (χ4v) is 3.01. The summed E-state index contributed by atoms with van der Waals surface area (Å²) in [5.74, 6) is 0.679. The molecule has 3 aromatic heterocycles. The van der Waals surface area contributed by atoms with E-state index in [1.54, 1.807) is 6.33 Å². The molecule has 0 radical (unpaired) electrons. The Morgan fingerprint density at radius 3 is 2.73 bits per heavy atom. The molecule has 0 saturated heterocycles. The SMILES string of the molecule is c1ccc(-n2cc(CNc3ncnc4c3oc3ccccc34)cn2)cc1. The van der Waals surface area contributed by atoms with Crippen LogP contribution in [0.2, 0.25) is 0 Å². The third kappa shape index (κ3) is 2.48. The van der Waals surface area contributed by atoms with Crippen molar-refractivity contribution < 1.29 is 4.42 Å². The number of fused-ring (bicyclic) bond motifs is 3. The molecule has 6 heteroatoms. The highest BCUT2D eigenvalue weighted by Crippen LogP contribution is 2.30.